The summed E-state index contributed by atoms with van der Waals surface area (Å²) < 4.78 is 0. The molecule has 4 heteroatoms. The first-order valence-electron chi connectivity index (χ1n) is 9.83. The van der Waals surface area contributed by atoms with E-state index in [1.165, 1.54) is 17.5 Å². The zero-order valence-corrected chi connectivity index (χ0v) is 15.7. The van der Waals surface area contributed by atoms with Crippen LogP contribution in [-0.4, -0.2) is 23.3 Å². The van der Waals surface area contributed by atoms with Crippen LogP contribution >= 0.6 is 0 Å². The van der Waals surface area contributed by atoms with E-state index in [2.05, 4.69) is 0 Å². The van der Waals surface area contributed by atoms with Crippen LogP contribution in [0.1, 0.15) is 59.7 Å². The van der Waals surface area contributed by atoms with Crippen LogP contribution in [0.4, 0.5) is 5.69 Å². The van der Waals surface area contributed by atoms with Crippen LogP contribution in [0.25, 0.3) is 0 Å². The van der Waals surface area contributed by atoms with Gasteiger partial charge in [-0.3, -0.25) is 9.59 Å². The Morgan fingerprint density at radius 2 is 1.85 bits per heavy atom. The minimum Gasteiger partial charge on any atom is -0.375 e. The molecule has 0 fully saturated rings. The maximum atomic E-state index is 13.0. The van der Waals surface area contributed by atoms with Gasteiger partial charge in [0.15, 0.2) is 11.4 Å². The molecule has 1 heterocycles. The molecule has 0 saturated carbocycles. The van der Waals surface area contributed by atoms with E-state index in [4.69, 9.17) is 0 Å². The molecule has 0 saturated heterocycles. The molecule has 27 heavy (non-hydrogen) atoms. The largest absolute Gasteiger partial charge is 0.375 e. The van der Waals surface area contributed by atoms with Crippen molar-refractivity contribution in [1.82, 2.24) is 0 Å². The van der Waals surface area contributed by atoms with Gasteiger partial charge in [-0.05, 0) is 55.4 Å². The third kappa shape index (κ3) is 2.98. The highest BCUT2D eigenvalue weighted by atomic mass is 16.3. The molecule has 0 radical (unpaired) electrons. The molecule has 2 aliphatic rings. The summed E-state index contributed by atoms with van der Waals surface area (Å²) in [6.07, 6.45) is 4.96. The Morgan fingerprint density at radius 1 is 1.11 bits per heavy atom. The molecule has 0 unspecified atom stereocenters. The van der Waals surface area contributed by atoms with Gasteiger partial charge >= 0.3 is 0 Å². The van der Waals surface area contributed by atoms with Gasteiger partial charge in [0, 0.05) is 17.7 Å². The lowest BCUT2D eigenvalue weighted by molar-refractivity contribution is -0.135. The van der Waals surface area contributed by atoms with Gasteiger partial charge in [-0.1, -0.05) is 37.3 Å². The topological polar surface area (TPSA) is 57.6 Å². The van der Waals surface area contributed by atoms with Crippen molar-refractivity contribution in [2.24, 2.45) is 0 Å². The van der Waals surface area contributed by atoms with Gasteiger partial charge in [-0.25, -0.2) is 0 Å². The average molecular weight is 363 g/mol. The second kappa shape index (κ2) is 6.93. The van der Waals surface area contributed by atoms with Crippen LogP contribution in [-0.2, 0) is 23.2 Å². The van der Waals surface area contributed by atoms with E-state index in [0.717, 1.165) is 25.7 Å². The number of ketones is 1. The van der Waals surface area contributed by atoms with Gasteiger partial charge in [0.2, 0.25) is 0 Å². The smallest absolute Gasteiger partial charge is 0.264 e. The van der Waals surface area contributed by atoms with Gasteiger partial charge in [0.05, 0.1) is 12.1 Å². The van der Waals surface area contributed by atoms with E-state index in [-0.39, 0.29) is 12.2 Å². The number of para-hydroxylation sites is 1. The summed E-state index contributed by atoms with van der Waals surface area (Å²) in [5, 5.41) is 11.3. The number of fused-ring (bicyclic) bond motifs is 2. The molecule has 1 aliphatic heterocycles. The molecule has 4 nitrogen and oxygen atoms in total. The number of hydrogen-bond donors (Lipinski definition) is 1. The SMILES string of the molecule is CCCN1C(=O)[C@](O)(CC(=O)c2ccc3c(c2)CCCC3)c2ccccc21. The number of aryl methyl sites for hydroxylation is 2. The Kier molecular flexibility index (Phi) is 4.60. The maximum absolute atomic E-state index is 13.0. The predicted octanol–water partition coefficient (Wildman–Crippen LogP) is 3.78. The van der Waals surface area contributed by atoms with Gasteiger partial charge in [-0.2, -0.15) is 0 Å². The Morgan fingerprint density at radius 3 is 2.63 bits per heavy atom. The van der Waals surface area contributed by atoms with Crippen LogP contribution in [0.15, 0.2) is 42.5 Å². The zero-order valence-electron chi connectivity index (χ0n) is 15.7. The summed E-state index contributed by atoms with van der Waals surface area (Å²) >= 11 is 0. The standard InChI is InChI=1S/C23H25NO3/c1-2-13-24-20-10-6-5-9-19(20)23(27,22(24)26)15-21(25)18-12-11-16-7-3-4-8-17(16)14-18/h5-6,9-12,14,27H,2-4,7-8,13,15H2,1H3/t23-/m0/s1. The van der Waals surface area contributed by atoms with E-state index in [0.29, 0.717) is 23.4 Å². The van der Waals surface area contributed by atoms with Gasteiger partial charge < -0.3 is 10.0 Å². The van der Waals surface area contributed by atoms with E-state index >= 15 is 0 Å². The average Bonchev–Trinajstić information content (AvgIpc) is 2.90. The number of hydrogen-bond acceptors (Lipinski definition) is 3. The van der Waals surface area contributed by atoms with Crippen LogP contribution in [0.3, 0.4) is 0 Å². The highest BCUT2D eigenvalue weighted by molar-refractivity contribution is 6.10. The molecule has 0 spiro atoms. The normalized spacial score (nSPS) is 21.1. The summed E-state index contributed by atoms with van der Waals surface area (Å²) in [5.41, 5.74) is 2.60. The van der Waals surface area contributed by atoms with Gasteiger partial charge in [0.1, 0.15) is 0 Å². The van der Waals surface area contributed by atoms with Gasteiger partial charge in [-0.15, -0.1) is 0 Å². The number of anilines is 1. The number of aliphatic hydroxyl groups is 1. The number of amides is 1. The van der Waals surface area contributed by atoms with Crippen molar-refractivity contribution in [2.45, 2.75) is 51.0 Å². The van der Waals surface area contributed by atoms with Crippen LogP contribution < -0.4 is 4.90 Å². The molecule has 4 rings (SSSR count). The third-order valence-corrected chi connectivity index (χ3v) is 5.77. The zero-order chi connectivity index (χ0) is 19.0. The molecule has 1 aliphatic carbocycles. The first kappa shape index (κ1) is 17.9. The number of benzene rings is 2. The lowest BCUT2D eigenvalue weighted by atomic mass is 9.85. The molecular formula is C23H25NO3. The quantitative estimate of drug-likeness (QED) is 0.823. The maximum Gasteiger partial charge on any atom is 0.264 e. The highest BCUT2D eigenvalue weighted by Crippen LogP contribution is 2.43. The minimum atomic E-state index is -1.78. The highest BCUT2D eigenvalue weighted by Gasteiger charge is 2.50. The second-order valence-electron chi connectivity index (χ2n) is 7.62. The summed E-state index contributed by atoms with van der Waals surface area (Å²) in [6, 6.07) is 13.1. The molecule has 0 aromatic heterocycles. The molecule has 140 valence electrons. The van der Waals surface area contributed by atoms with E-state index < -0.39 is 11.5 Å². The minimum absolute atomic E-state index is 0.188. The number of rotatable bonds is 5. The summed E-state index contributed by atoms with van der Waals surface area (Å²) in [4.78, 5) is 27.6. The van der Waals surface area contributed by atoms with Crippen LogP contribution in [0.2, 0.25) is 0 Å². The summed E-state index contributed by atoms with van der Waals surface area (Å²) in [5.74, 6) is -0.579. The fourth-order valence-electron chi connectivity index (χ4n) is 4.36. The Balaban J connectivity index is 1.65. The predicted molar refractivity (Wildman–Crippen MR) is 105 cm³/mol. The molecular weight excluding hydrogens is 338 g/mol. The van der Waals surface area contributed by atoms with Crippen molar-refractivity contribution in [3.05, 3.63) is 64.7 Å². The molecule has 1 atom stereocenters. The van der Waals surface area contributed by atoms with E-state index in [1.807, 2.05) is 37.3 Å². The monoisotopic (exact) mass is 363 g/mol. The van der Waals surface area contributed by atoms with Crippen LogP contribution in [0.5, 0.6) is 0 Å². The lowest BCUT2D eigenvalue weighted by Gasteiger charge is -2.23. The van der Waals surface area contributed by atoms with E-state index in [9.17, 15) is 14.7 Å². The number of Topliss-reactive ketones (excluding diaryl/α,β-unsaturated/α-hetero) is 1. The number of nitrogens with zero attached hydrogens (tertiary/aromatic N) is 1. The molecule has 2 aromatic rings. The fraction of sp³-hybridized carbons (Fsp3) is 0.391. The Hall–Kier alpha value is -2.46. The Labute approximate surface area is 159 Å². The summed E-state index contributed by atoms with van der Waals surface area (Å²) in [7, 11) is 0. The van der Waals surface area contributed by atoms with Crippen molar-refractivity contribution in [2.75, 3.05) is 11.4 Å². The molecule has 1 amide bonds. The lowest BCUT2D eigenvalue weighted by Crippen LogP contribution is -2.42. The molecule has 1 N–H and O–H groups in total. The number of carbonyl (C=O) groups is 2. The first-order valence-corrected chi connectivity index (χ1v) is 9.83. The number of carbonyl (C=O) groups excluding carboxylic acids is 2. The second-order valence-corrected chi connectivity index (χ2v) is 7.62. The van der Waals surface area contributed by atoms with Gasteiger partial charge in [0.25, 0.3) is 5.91 Å². The third-order valence-electron chi connectivity index (χ3n) is 5.77. The van der Waals surface area contributed by atoms with Crippen molar-refractivity contribution in [1.29, 1.82) is 0 Å². The van der Waals surface area contributed by atoms with Crippen LogP contribution in [0, 0.1) is 0 Å². The van der Waals surface area contributed by atoms with Crippen molar-refractivity contribution in [3.63, 3.8) is 0 Å². The van der Waals surface area contributed by atoms with Crippen molar-refractivity contribution < 1.29 is 14.7 Å². The summed E-state index contributed by atoms with van der Waals surface area (Å²) in [6.45, 7) is 2.52. The Bertz CT molecular complexity index is 904. The van der Waals surface area contributed by atoms with Crippen molar-refractivity contribution in [3.8, 4) is 0 Å². The van der Waals surface area contributed by atoms with E-state index in [1.54, 1.807) is 17.0 Å². The molecule has 2 aromatic carbocycles. The fourth-order valence-corrected chi connectivity index (χ4v) is 4.36. The molecule has 0 bridgehead atoms. The van der Waals surface area contributed by atoms with Crippen molar-refractivity contribution >= 4 is 17.4 Å². The first-order chi connectivity index (χ1) is 13.0.